The summed E-state index contributed by atoms with van der Waals surface area (Å²) in [4.78, 5) is 14.2. The zero-order valence-electron chi connectivity index (χ0n) is 12.0. The average molecular weight is 299 g/mol. The minimum Gasteiger partial charge on any atom is -0.481 e. The normalized spacial score (nSPS) is 19.4. The van der Waals surface area contributed by atoms with Crippen LogP contribution in [-0.2, 0) is 4.79 Å². The van der Waals surface area contributed by atoms with E-state index in [1.807, 2.05) is 43.0 Å². The molecule has 1 fully saturated rings. The van der Waals surface area contributed by atoms with Crippen molar-refractivity contribution in [1.29, 1.82) is 0 Å². The first kappa shape index (κ1) is 16.8. The topological polar surface area (TPSA) is 55.6 Å². The zero-order valence-corrected chi connectivity index (χ0v) is 12.9. The van der Waals surface area contributed by atoms with E-state index in [4.69, 9.17) is 10.5 Å². The average Bonchev–Trinajstić information content (AvgIpc) is 2.82. The largest absolute Gasteiger partial charge is 0.481 e. The highest BCUT2D eigenvalue weighted by Crippen LogP contribution is 2.18. The molecule has 0 saturated carbocycles. The summed E-state index contributed by atoms with van der Waals surface area (Å²) in [5.74, 6) is 0.806. The molecule has 2 atom stereocenters. The fourth-order valence-electron chi connectivity index (χ4n) is 2.35. The summed E-state index contributed by atoms with van der Waals surface area (Å²) in [5.41, 5.74) is 6.97. The van der Waals surface area contributed by atoms with Gasteiger partial charge in [-0.25, -0.2) is 0 Å². The molecule has 1 aliphatic rings. The van der Waals surface area contributed by atoms with E-state index >= 15 is 0 Å². The molecule has 4 nitrogen and oxygen atoms in total. The van der Waals surface area contributed by atoms with Crippen molar-refractivity contribution in [3.05, 3.63) is 29.8 Å². The minimum absolute atomic E-state index is 0. The quantitative estimate of drug-likeness (QED) is 0.926. The molecule has 1 unspecified atom stereocenters. The number of benzene rings is 1. The molecule has 0 aromatic heterocycles. The number of hydrogen-bond acceptors (Lipinski definition) is 3. The maximum atomic E-state index is 12.4. The molecular formula is C15H23ClN2O2. The van der Waals surface area contributed by atoms with E-state index in [0.717, 1.165) is 24.3 Å². The van der Waals surface area contributed by atoms with Gasteiger partial charge in [-0.05, 0) is 37.5 Å². The molecule has 0 spiro atoms. The van der Waals surface area contributed by atoms with Gasteiger partial charge in [-0.15, -0.1) is 12.4 Å². The van der Waals surface area contributed by atoms with E-state index in [1.54, 1.807) is 0 Å². The fourth-order valence-corrected chi connectivity index (χ4v) is 2.35. The molecule has 2 N–H and O–H groups in total. The standard InChI is InChI=1S/C15H22N2O2.ClH/c1-3-14(15(18)17-8-7-12(16)10-17)19-13-6-4-5-11(2)9-13;/h4-6,9,12,14H,3,7-8,10,16H2,1-2H3;1H/t12-,14?;/m1./s1. The second kappa shape index (κ2) is 7.50. The molecule has 1 amide bonds. The molecule has 1 aliphatic heterocycles. The molecule has 2 rings (SSSR count). The minimum atomic E-state index is -0.410. The molecule has 5 heteroatoms. The van der Waals surface area contributed by atoms with Crippen LogP contribution in [0.5, 0.6) is 5.75 Å². The van der Waals surface area contributed by atoms with Gasteiger partial charge in [0, 0.05) is 19.1 Å². The van der Waals surface area contributed by atoms with Gasteiger partial charge in [-0.1, -0.05) is 19.1 Å². The predicted molar refractivity (Wildman–Crippen MR) is 82.3 cm³/mol. The number of rotatable bonds is 4. The number of likely N-dealkylation sites (tertiary alicyclic amines) is 1. The maximum absolute atomic E-state index is 12.4. The number of amides is 1. The third-order valence-corrected chi connectivity index (χ3v) is 3.45. The zero-order chi connectivity index (χ0) is 13.8. The summed E-state index contributed by atoms with van der Waals surface area (Å²) in [5, 5.41) is 0. The van der Waals surface area contributed by atoms with E-state index in [0.29, 0.717) is 13.0 Å². The first-order valence-electron chi connectivity index (χ1n) is 6.88. The number of hydrogen-bond donors (Lipinski definition) is 1. The number of halogens is 1. The van der Waals surface area contributed by atoms with Gasteiger partial charge in [0.15, 0.2) is 6.10 Å². The first-order chi connectivity index (χ1) is 9.10. The van der Waals surface area contributed by atoms with Crippen molar-refractivity contribution in [2.45, 2.75) is 38.8 Å². The van der Waals surface area contributed by atoms with Gasteiger partial charge in [0.2, 0.25) is 0 Å². The SMILES string of the molecule is CCC(Oc1cccc(C)c1)C(=O)N1CC[C@@H](N)C1.Cl. The first-order valence-corrected chi connectivity index (χ1v) is 6.88. The lowest BCUT2D eigenvalue weighted by Crippen LogP contribution is -2.41. The summed E-state index contributed by atoms with van der Waals surface area (Å²) in [6.45, 7) is 5.36. The van der Waals surface area contributed by atoms with Crippen LogP contribution < -0.4 is 10.5 Å². The Hall–Kier alpha value is -1.26. The van der Waals surface area contributed by atoms with Crippen LogP contribution in [0.25, 0.3) is 0 Å². The Balaban J connectivity index is 0.00000200. The van der Waals surface area contributed by atoms with Gasteiger partial charge in [-0.2, -0.15) is 0 Å². The summed E-state index contributed by atoms with van der Waals surface area (Å²) in [6, 6.07) is 7.90. The Morgan fingerprint density at radius 1 is 1.55 bits per heavy atom. The summed E-state index contributed by atoms with van der Waals surface area (Å²) >= 11 is 0. The van der Waals surface area contributed by atoms with Crippen LogP contribution >= 0.6 is 12.4 Å². The smallest absolute Gasteiger partial charge is 0.263 e. The second-order valence-electron chi connectivity index (χ2n) is 5.16. The molecule has 1 heterocycles. The van der Waals surface area contributed by atoms with E-state index in [1.165, 1.54) is 0 Å². The molecule has 0 bridgehead atoms. The Morgan fingerprint density at radius 3 is 2.85 bits per heavy atom. The molecule has 1 saturated heterocycles. The fraction of sp³-hybridized carbons (Fsp3) is 0.533. The van der Waals surface area contributed by atoms with Crippen molar-refractivity contribution >= 4 is 18.3 Å². The Morgan fingerprint density at radius 2 is 2.30 bits per heavy atom. The third-order valence-electron chi connectivity index (χ3n) is 3.45. The highest BCUT2D eigenvalue weighted by Gasteiger charge is 2.29. The highest BCUT2D eigenvalue weighted by atomic mass is 35.5. The van der Waals surface area contributed by atoms with Crippen molar-refractivity contribution in [2.75, 3.05) is 13.1 Å². The van der Waals surface area contributed by atoms with Gasteiger partial charge >= 0.3 is 0 Å². The number of nitrogens with zero attached hydrogens (tertiary/aromatic N) is 1. The van der Waals surface area contributed by atoms with E-state index in [-0.39, 0.29) is 24.4 Å². The monoisotopic (exact) mass is 298 g/mol. The lowest BCUT2D eigenvalue weighted by atomic mass is 10.2. The van der Waals surface area contributed by atoms with Gasteiger partial charge in [0.05, 0.1) is 0 Å². The Bertz CT molecular complexity index is 453. The van der Waals surface area contributed by atoms with Crippen LogP contribution in [0.1, 0.15) is 25.3 Å². The number of ether oxygens (including phenoxy) is 1. The molecule has 0 aliphatic carbocycles. The number of carbonyl (C=O) groups excluding carboxylic acids is 1. The maximum Gasteiger partial charge on any atom is 0.263 e. The summed E-state index contributed by atoms with van der Waals surface area (Å²) < 4.78 is 5.82. The van der Waals surface area contributed by atoms with Crippen LogP contribution in [0.15, 0.2) is 24.3 Å². The lowest BCUT2D eigenvalue weighted by Gasteiger charge is -2.23. The molecule has 112 valence electrons. The van der Waals surface area contributed by atoms with Gasteiger partial charge in [0.25, 0.3) is 5.91 Å². The molecular weight excluding hydrogens is 276 g/mol. The molecule has 1 aromatic carbocycles. The van der Waals surface area contributed by atoms with E-state index < -0.39 is 6.10 Å². The number of aryl methyl sites for hydroxylation is 1. The van der Waals surface area contributed by atoms with Crippen molar-refractivity contribution < 1.29 is 9.53 Å². The molecule has 0 radical (unpaired) electrons. The van der Waals surface area contributed by atoms with E-state index in [9.17, 15) is 4.79 Å². The van der Waals surface area contributed by atoms with Crippen molar-refractivity contribution in [2.24, 2.45) is 5.73 Å². The summed E-state index contributed by atoms with van der Waals surface area (Å²) in [7, 11) is 0. The Labute approximate surface area is 126 Å². The van der Waals surface area contributed by atoms with Crippen LogP contribution in [0.4, 0.5) is 0 Å². The van der Waals surface area contributed by atoms with Crippen molar-refractivity contribution in [3.8, 4) is 5.75 Å². The van der Waals surface area contributed by atoms with Crippen molar-refractivity contribution in [3.63, 3.8) is 0 Å². The van der Waals surface area contributed by atoms with E-state index in [2.05, 4.69) is 0 Å². The molecule has 1 aromatic rings. The third kappa shape index (κ3) is 4.12. The Kier molecular flexibility index (Phi) is 6.30. The van der Waals surface area contributed by atoms with Crippen LogP contribution in [0.2, 0.25) is 0 Å². The van der Waals surface area contributed by atoms with Crippen molar-refractivity contribution in [1.82, 2.24) is 4.90 Å². The van der Waals surface area contributed by atoms with Crippen LogP contribution in [0.3, 0.4) is 0 Å². The predicted octanol–water partition coefficient (Wildman–Crippen LogP) is 2.13. The van der Waals surface area contributed by atoms with Gasteiger partial charge in [-0.3, -0.25) is 4.79 Å². The summed E-state index contributed by atoms with van der Waals surface area (Å²) in [6.07, 6.45) is 1.14. The second-order valence-corrected chi connectivity index (χ2v) is 5.16. The molecule has 20 heavy (non-hydrogen) atoms. The van der Waals surface area contributed by atoms with Crippen LogP contribution in [0, 0.1) is 6.92 Å². The highest BCUT2D eigenvalue weighted by molar-refractivity contribution is 5.85. The van der Waals surface area contributed by atoms with Gasteiger partial charge in [0.1, 0.15) is 5.75 Å². The number of nitrogens with two attached hydrogens (primary N) is 1. The number of carbonyl (C=O) groups is 1. The lowest BCUT2D eigenvalue weighted by molar-refractivity contribution is -0.137. The van der Waals surface area contributed by atoms with Gasteiger partial charge < -0.3 is 15.4 Å². The van der Waals surface area contributed by atoms with Crippen LogP contribution in [-0.4, -0.2) is 36.0 Å².